The van der Waals surface area contributed by atoms with E-state index >= 15 is 0 Å². The van der Waals surface area contributed by atoms with E-state index in [1.807, 2.05) is 0 Å². The molecule has 25 heavy (non-hydrogen) atoms. The molecule has 0 bridgehead atoms. The highest BCUT2D eigenvalue weighted by molar-refractivity contribution is 5.91. The molecule has 0 aromatic carbocycles. The van der Waals surface area contributed by atoms with Crippen molar-refractivity contribution in [1.82, 2.24) is 14.8 Å². The molecule has 2 rings (SSSR count). The van der Waals surface area contributed by atoms with E-state index in [0.717, 1.165) is 0 Å². The lowest BCUT2D eigenvalue weighted by molar-refractivity contribution is 0.0273. The number of ether oxygens (including phenoxy) is 2. The van der Waals surface area contributed by atoms with Crippen molar-refractivity contribution in [2.75, 3.05) is 27.2 Å². The van der Waals surface area contributed by atoms with E-state index in [9.17, 15) is 14.0 Å². The van der Waals surface area contributed by atoms with E-state index in [2.05, 4.69) is 4.98 Å². The first-order chi connectivity index (χ1) is 11.6. The van der Waals surface area contributed by atoms with Crippen LogP contribution < -0.4 is 4.74 Å². The molecule has 2 atom stereocenters. The topological polar surface area (TPSA) is 72.0 Å². The van der Waals surface area contributed by atoms with Crippen molar-refractivity contribution in [2.24, 2.45) is 0 Å². The molecule has 1 aliphatic heterocycles. The van der Waals surface area contributed by atoms with Crippen LogP contribution in [0.25, 0.3) is 0 Å². The van der Waals surface area contributed by atoms with E-state index in [4.69, 9.17) is 9.47 Å². The Bertz CT molecular complexity index is 628. The molecule has 2 heterocycles. The zero-order valence-electron chi connectivity index (χ0n) is 15.2. The molecule has 2 amide bonds. The molecule has 1 aliphatic rings. The first kappa shape index (κ1) is 19.0. The Balaban J connectivity index is 1.97. The summed E-state index contributed by atoms with van der Waals surface area (Å²) in [5, 5.41) is 0. The lowest BCUT2D eigenvalue weighted by atomic mass is 10.2. The van der Waals surface area contributed by atoms with Gasteiger partial charge in [0, 0.05) is 14.1 Å². The van der Waals surface area contributed by atoms with Crippen molar-refractivity contribution in [1.29, 1.82) is 0 Å². The van der Waals surface area contributed by atoms with E-state index in [1.54, 1.807) is 40.9 Å². The van der Waals surface area contributed by atoms with Gasteiger partial charge in [0.1, 0.15) is 23.1 Å². The van der Waals surface area contributed by atoms with Crippen LogP contribution in [0.4, 0.5) is 9.18 Å². The van der Waals surface area contributed by atoms with Gasteiger partial charge in [0.05, 0.1) is 19.3 Å². The standard InChI is InChI=1S/C17H24FN3O4/c1-17(2,3)25-16(23)21-9-12(18)14(10-21)24-11-6-7-13(19-8-11)15(22)20(4)5/h6-8,12,14H,9-10H2,1-5H3/t12-,14-/m0/s1. The smallest absolute Gasteiger partial charge is 0.410 e. The van der Waals surface area contributed by atoms with Crippen LogP contribution in [-0.2, 0) is 4.74 Å². The number of likely N-dealkylation sites (tertiary alicyclic amines) is 1. The third-order valence-corrected chi connectivity index (χ3v) is 3.50. The predicted molar refractivity (Wildman–Crippen MR) is 89.4 cm³/mol. The Kier molecular flexibility index (Phi) is 5.49. The Morgan fingerprint density at radius 2 is 1.96 bits per heavy atom. The van der Waals surface area contributed by atoms with E-state index in [1.165, 1.54) is 22.1 Å². The summed E-state index contributed by atoms with van der Waals surface area (Å²) in [5.74, 6) is 0.112. The van der Waals surface area contributed by atoms with Crippen molar-refractivity contribution in [3.63, 3.8) is 0 Å². The fourth-order valence-corrected chi connectivity index (χ4v) is 2.30. The molecular weight excluding hydrogens is 329 g/mol. The Morgan fingerprint density at radius 1 is 1.28 bits per heavy atom. The summed E-state index contributed by atoms with van der Waals surface area (Å²) in [6.07, 6.45) is -1.31. The van der Waals surface area contributed by atoms with Crippen molar-refractivity contribution in [2.45, 2.75) is 38.6 Å². The SMILES string of the molecule is CN(C)C(=O)c1ccc(O[C@H]2CN(C(=O)OC(C)(C)C)C[C@@H]2F)cn1. The maximum Gasteiger partial charge on any atom is 0.410 e. The van der Waals surface area contributed by atoms with Crippen LogP contribution in [0, 0.1) is 0 Å². The lowest BCUT2D eigenvalue weighted by Gasteiger charge is -2.24. The molecule has 0 unspecified atom stereocenters. The van der Waals surface area contributed by atoms with Crippen molar-refractivity contribution in [3.05, 3.63) is 24.0 Å². The highest BCUT2D eigenvalue weighted by atomic mass is 19.1. The number of hydrogen-bond acceptors (Lipinski definition) is 5. The second-order valence-corrected chi connectivity index (χ2v) is 7.14. The molecule has 7 nitrogen and oxygen atoms in total. The average Bonchev–Trinajstić information content (AvgIpc) is 2.87. The quantitative estimate of drug-likeness (QED) is 0.832. The molecule has 0 aliphatic carbocycles. The summed E-state index contributed by atoms with van der Waals surface area (Å²) in [7, 11) is 3.26. The van der Waals surface area contributed by atoms with Crippen LogP contribution in [-0.4, -0.2) is 71.8 Å². The summed E-state index contributed by atoms with van der Waals surface area (Å²) < 4.78 is 25.0. The molecule has 0 spiro atoms. The zero-order valence-corrected chi connectivity index (χ0v) is 15.2. The highest BCUT2D eigenvalue weighted by Gasteiger charge is 2.39. The molecule has 8 heteroatoms. The van der Waals surface area contributed by atoms with Gasteiger partial charge in [-0.1, -0.05) is 0 Å². The minimum absolute atomic E-state index is 0.0792. The van der Waals surface area contributed by atoms with Crippen LogP contribution in [0.2, 0.25) is 0 Å². The number of rotatable bonds is 3. The van der Waals surface area contributed by atoms with Gasteiger partial charge in [0.25, 0.3) is 5.91 Å². The van der Waals surface area contributed by atoms with Gasteiger partial charge in [-0.05, 0) is 32.9 Å². The lowest BCUT2D eigenvalue weighted by Crippen LogP contribution is -2.36. The minimum atomic E-state index is -1.32. The van der Waals surface area contributed by atoms with Gasteiger partial charge in [0.15, 0.2) is 6.17 Å². The van der Waals surface area contributed by atoms with Gasteiger partial charge in [0.2, 0.25) is 0 Å². The second kappa shape index (κ2) is 7.25. The summed E-state index contributed by atoms with van der Waals surface area (Å²) in [6, 6.07) is 3.08. The molecule has 1 saturated heterocycles. The normalized spacial score (nSPS) is 20.3. The third-order valence-electron chi connectivity index (χ3n) is 3.50. The largest absolute Gasteiger partial charge is 0.484 e. The summed E-state index contributed by atoms with van der Waals surface area (Å²) in [4.78, 5) is 30.5. The fraction of sp³-hybridized carbons (Fsp3) is 0.588. The molecule has 1 aromatic rings. The van der Waals surface area contributed by atoms with Crippen LogP contribution in [0.3, 0.4) is 0 Å². The average molecular weight is 353 g/mol. The van der Waals surface area contributed by atoms with Gasteiger partial charge < -0.3 is 19.3 Å². The van der Waals surface area contributed by atoms with Crippen LogP contribution in [0.5, 0.6) is 5.75 Å². The third kappa shape index (κ3) is 5.04. The molecule has 0 radical (unpaired) electrons. The van der Waals surface area contributed by atoms with Gasteiger partial charge in [-0.3, -0.25) is 4.79 Å². The zero-order chi connectivity index (χ0) is 18.8. The number of halogens is 1. The van der Waals surface area contributed by atoms with E-state index < -0.39 is 24.0 Å². The maximum absolute atomic E-state index is 14.2. The monoisotopic (exact) mass is 353 g/mol. The highest BCUT2D eigenvalue weighted by Crippen LogP contribution is 2.22. The fourth-order valence-electron chi connectivity index (χ4n) is 2.30. The molecule has 138 valence electrons. The number of pyridine rings is 1. The van der Waals surface area contributed by atoms with Crippen molar-refractivity contribution >= 4 is 12.0 Å². The van der Waals surface area contributed by atoms with E-state index in [0.29, 0.717) is 5.75 Å². The molecule has 0 saturated carbocycles. The first-order valence-corrected chi connectivity index (χ1v) is 8.03. The van der Waals surface area contributed by atoms with Crippen LogP contribution in [0.1, 0.15) is 31.3 Å². The Labute approximate surface area is 146 Å². The number of carbonyl (C=O) groups excluding carboxylic acids is 2. The maximum atomic E-state index is 14.2. The van der Waals surface area contributed by atoms with Gasteiger partial charge in [-0.2, -0.15) is 0 Å². The summed E-state index contributed by atoms with van der Waals surface area (Å²) in [6.45, 7) is 5.27. The second-order valence-electron chi connectivity index (χ2n) is 7.14. The molecule has 0 N–H and O–H groups in total. The molecular formula is C17H24FN3O4. The Morgan fingerprint density at radius 3 is 2.48 bits per heavy atom. The van der Waals surface area contributed by atoms with Gasteiger partial charge >= 0.3 is 6.09 Å². The van der Waals surface area contributed by atoms with E-state index in [-0.39, 0.29) is 24.7 Å². The number of carbonyl (C=O) groups is 2. The Hall–Kier alpha value is -2.38. The molecule has 1 fully saturated rings. The van der Waals surface area contributed by atoms with Crippen molar-refractivity contribution in [3.8, 4) is 5.75 Å². The van der Waals surface area contributed by atoms with Crippen molar-refractivity contribution < 1.29 is 23.5 Å². The van der Waals surface area contributed by atoms with Gasteiger partial charge in [-0.15, -0.1) is 0 Å². The number of alkyl halides is 1. The minimum Gasteiger partial charge on any atom is -0.484 e. The van der Waals surface area contributed by atoms with Crippen LogP contribution in [0.15, 0.2) is 18.3 Å². The van der Waals surface area contributed by atoms with Crippen LogP contribution >= 0.6 is 0 Å². The number of hydrogen-bond donors (Lipinski definition) is 0. The summed E-state index contributed by atoms with van der Waals surface area (Å²) >= 11 is 0. The first-order valence-electron chi connectivity index (χ1n) is 8.03. The predicted octanol–water partition coefficient (Wildman–Crippen LogP) is 2.12. The summed E-state index contributed by atoms with van der Waals surface area (Å²) in [5.41, 5.74) is -0.364. The number of amides is 2. The van der Waals surface area contributed by atoms with Gasteiger partial charge in [-0.25, -0.2) is 14.2 Å². The number of aromatic nitrogens is 1. The number of nitrogens with zero attached hydrogens (tertiary/aromatic N) is 3. The molecule has 1 aromatic heterocycles.